The van der Waals surface area contributed by atoms with Crippen LogP contribution in [-0.4, -0.2) is 17.0 Å². The van der Waals surface area contributed by atoms with Gasteiger partial charge < -0.3 is 19.6 Å². The van der Waals surface area contributed by atoms with Crippen molar-refractivity contribution in [3.05, 3.63) is 87.5 Å². The summed E-state index contributed by atoms with van der Waals surface area (Å²) in [6.07, 6.45) is -0.114. The standard InChI is InChI=1S/C23H15BrClNO5/c24-15-2-8-19-14(11-15)12-21(31-19)23(29)26-16-3-5-17(6-4-16)30-20-7-1-13(9-18(20)25)10-22(27)28/h1-9,11-12H,10H2,(H,26,29)(H,27,28). The minimum atomic E-state index is -0.933. The monoisotopic (exact) mass is 499 g/mol. The lowest BCUT2D eigenvalue weighted by molar-refractivity contribution is -0.136. The number of aliphatic carboxylic acids is 1. The van der Waals surface area contributed by atoms with Crippen molar-refractivity contribution in [1.82, 2.24) is 0 Å². The number of carbonyl (C=O) groups is 2. The van der Waals surface area contributed by atoms with E-state index in [1.807, 2.05) is 12.1 Å². The summed E-state index contributed by atoms with van der Waals surface area (Å²) in [5.41, 5.74) is 1.78. The Morgan fingerprint density at radius 1 is 1.03 bits per heavy atom. The molecule has 156 valence electrons. The Labute approximate surface area is 190 Å². The molecule has 0 radical (unpaired) electrons. The largest absolute Gasteiger partial charge is 0.481 e. The van der Waals surface area contributed by atoms with E-state index < -0.39 is 5.97 Å². The molecule has 1 heterocycles. The summed E-state index contributed by atoms with van der Waals surface area (Å²) < 4.78 is 12.3. The number of carboxylic acids is 1. The van der Waals surface area contributed by atoms with E-state index in [9.17, 15) is 9.59 Å². The molecule has 0 aliphatic carbocycles. The van der Waals surface area contributed by atoms with Gasteiger partial charge in [0.15, 0.2) is 5.76 Å². The molecule has 0 aliphatic rings. The van der Waals surface area contributed by atoms with Gasteiger partial charge in [0.1, 0.15) is 17.1 Å². The van der Waals surface area contributed by atoms with Crippen LogP contribution in [-0.2, 0) is 11.2 Å². The quantitative estimate of drug-likeness (QED) is 0.315. The maximum absolute atomic E-state index is 12.5. The number of nitrogens with one attached hydrogen (secondary N) is 1. The lowest BCUT2D eigenvalue weighted by Crippen LogP contribution is -2.10. The van der Waals surface area contributed by atoms with Crippen molar-refractivity contribution in [2.24, 2.45) is 0 Å². The molecule has 0 saturated carbocycles. The number of carboxylic acid groups (broad SMARTS) is 1. The van der Waals surface area contributed by atoms with Gasteiger partial charge in [-0.05, 0) is 66.2 Å². The molecular weight excluding hydrogens is 486 g/mol. The van der Waals surface area contributed by atoms with E-state index in [2.05, 4.69) is 21.2 Å². The number of ether oxygens (including phenoxy) is 1. The fourth-order valence-corrected chi connectivity index (χ4v) is 3.58. The first-order valence-corrected chi connectivity index (χ1v) is 10.3. The maximum atomic E-state index is 12.5. The van der Waals surface area contributed by atoms with Crippen LogP contribution in [0.1, 0.15) is 16.1 Å². The first-order chi connectivity index (χ1) is 14.9. The molecule has 0 spiro atoms. The number of anilines is 1. The Kier molecular flexibility index (Phi) is 5.97. The minimum absolute atomic E-state index is 0.114. The predicted octanol–water partition coefficient (Wildman–Crippen LogP) is 6.52. The van der Waals surface area contributed by atoms with E-state index in [4.69, 9.17) is 25.9 Å². The number of rotatable bonds is 6. The van der Waals surface area contributed by atoms with Crippen LogP contribution in [0.5, 0.6) is 11.5 Å². The van der Waals surface area contributed by atoms with Gasteiger partial charge in [0.05, 0.1) is 11.4 Å². The molecule has 1 aromatic heterocycles. The van der Waals surface area contributed by atoms with Crippen molar-refractivity contribution in [2.75, 3.05) is 5.32 Å². The van der Waals surface area contributed by atoms with Crippen LogP contribution in [0.15, 0.2) is 75.6 Å². The van der Waals surface area contributed by atoms with Gasteiger partial charge in [0.25, 0.3) is 5.91 Å². The summed E-state index contributed by atoms with van der Waals surface area (Å²) in [4.78, 5) is 23.3. The number of hydrogen-bond donors (Lipinski definition) is 2. The van der Waals surface area contributed by atoms with Gasteiger partial charge in [-0.25, -0.2) is 0 Å². The molecule has 6 nitrogen and oxygen atoms in total. The Bertz CT molecular complexity index is 1280. The van der Waals surface area contributed by atoms with Crippen LogP contribution < -0.4 is 10.1 Å². The average molecular weight is 501 g/mol. The topological polar surface area (TPSA) is 88.8 Å². The molecule has 1 amide bonds. The van der Waals surface area contributed by atoms with Gasteiger partial charge in [0.2, 0.25) is 0 Å². The Hall–Kier alpha value is -3.29. The molecule has 4 rings (SSSR count). The second kappa shape index (κ2) is 8.83. The van der Waals surface area contributed by atoms with Crippen LogP contribution in [0.25, 0.3) is 11.0 Å². The maximum Gasteiger partial charge on any atom is 0.307 e. The smallest absolute Gasteiger partial charge is 0.307 e. The zero-order valence-electron chi connectivity index (χ0n) is 15.9. The molecule has 0 fully saturated rings. The molecular formula is C23H15BrClNO5. The van der Waals surface area contributed by atoms with E-state index in [0.29, 0.717) is 33.4 Å². The van der Waals surface area contributed by atoms with E-state index in [0.717, 1.165) is 9.86 Å². The molecule has 0 saturated heterocycles. The van der Waals surface area contributed by atoms with E-state index in [1.54, 1.807) is 54.6 Å². The molecule has 4 aromatic rings. The number of hydrogen-bond acceptors (Lipinski definition) is 4. The van der Waals surface area contributed by atoms with E-state index in [-0.39, 0.29) is 18.1 Å². The van der Waals surface area contributed by atoms with Crippen molar-refractivity contribution in [1.29, 1.82) is 0 Å². The number of benzene rings is 3. The lowest BCUT2D eigenvalue weighted by Gasteiger charge is -2.10. The second-order valence-electron chi connectivity index (χ2n) is 6.71. The first-order valence-electron chi connectivity index (χ1n) is 9.16. The van der Waals surface area contributed by atoms with Crippen LogP contribution in [0.4, 0.5) is 5.69 Å². The highest BCUT2D eigenvalue weighted by molar-refractivity contribution is 9.10. The molecule has 8 heteroatoms. The second-order valence-corrected chi connectivity index (χ2v) is 8.03. The van der Waals surface area contributed by atoms with Crippen molar-refractivity contribution in [3.63, 3.8) is 0 Å². The third-order valence-electron chi connectivity index (χ3n) is 4.39. The average Bonchev–Trinajstić information content (AvgIpc) is 3.14. The van der Waals surface area contributed by atoms with Crippen LogP contribution in [0.2, 0.25) is 5.02 Å². The molecule has 0 unspecified atom stereocenters. The Morgan fingerprint density at radius 2 is 1.81 bits per heavy atom. The Balaban J connectivity index is 1.43. The highest BCUT2D eigenvalue weighted by Crippen LogP contribution is 2.31. The first kappa shape index (κ1) is 21.0. The zero-order chi connectivity index (χ0) is 22.0. The van der Waals surface area contributed by atoms with Gasteiger partial charge in [-0.3, -0.25) is 9.59 Å². The third-order valence-corrected chi connectivity index (χ3v) is 5.18. The van der Waals surface area contributed by atoms with E-state index in [1.165, 1.54) is 0 Å². The van der Waals surface area contributed by atoms with Gasteiger partial charge in [-0.1, -0.05) is 33.6 Å². The van der Waals surface area contributed by atoms with Gasteiger partial charge in [0, 0.05) is 15.5 Å². The number of halogens is 2. The van der Waals surface area contributed by atoms with Crippen molar-refractivity contribution < 1.29 is 23.8 Å². The van der Waals surface area contributed by atoms with Crippen molar-refractivity contribution in [3.8, 4) is 11.5 Å². The molecule has 2 N–H and O–H groups in total. The van der Waals surface area contributed by atoms with Gasteiger partial charge in [-0.2, -0.15) is 0 Å². The number of carbonyl (C=O) groups excluding carboxylic acids is 1. The third kappa shape index (κ3) is 5.07. The molecule has 0 atom stereocenters. The molecule has 3 aromatic carbocycles. The van der Waals surface area contributed by atoms with Crippen molar-refractivity contribution in [2.45, 2.75) is 6.42 Å². The summed E-state index contributed by atoms with van der Waals surface area (Å²) in [5.74, 6) is -0.168. The van der Waals surface area contributed by atoms with Crippen LogP contribution in [0, 0.1) is 0 Å². The zero-order valence-corrected chi connectivity index (χ0v) is 18.2. The summed E-state index contributed by atoms with van der Waals surface area (Å²) in [7, 11) is 0. The molecule has 31 heavy (non-hydrogen) atoms. The highest BCUT2D eigenvalue weighted by Gasteiger charge is 2.13. The fourth-order valence-electron chi connectivity index (χ4n) is 2.96. The van der Waals surface area contributed by atoms with Crippen molar-refractivity contribution >= 4 is 56.1 Å². The SMILES string of the molecule is O=C(O)Cc1ccc(Oc2ccc(NC(=O)c3cc4cc(Br)ccc4o3)cc2)c(Cl)c1. The summed E-state index contributed by atoms with van der Waals surface area (Å²) in [5, 5.41) is 12.8. The molecule has 0 bridgehead atoms. The van der Waals surface area contributed by atoms with Crippen LogP contribution >= 0.6 is 27.5 Å². The van der Waals surface area contributed by atoms with Crippen LogP contribution in [0.3, 0.4) is 0 Å². The van der Waals surface area contributed by atoms with Gasteiger partial charge >= 0.3 is 5.97 Å². The number of furan rings is 1. The minimum Gasteiger partial charge on any atom is -0.481 e. The Morgan fingerprint density at radius 3 is 2.52 bits per heavy atom. The summed E-state index contributed by atoms with van der Waals surface area (Å²) in [6, 6.07) is 18.8. The number of amides is 1. The normalized spacial score (nSPS) is 10.8. The fraction of sp³-hybridized carbons (Fsp3) is 0.0435. The van der Waals surface area contributed by atoms with E-state index >= 15 is 0 Å². The highest BCUT2D eigenvalue weighted by atomic mass is 79.9. The molecule has 0 aliphatic heterocycles. The number of fused-ring (bicyclic) bond motifs is 1. The summed E-state index contributed by atoms with van der Waals surface area (Å²) in [6.45, 7) is 0. The lowest BCUT2D eigenvalue weighted by atomic mass is 10.1. The summed E-state index contributed by atoms with van der Waals surface area (Å²) >= 11 is 9.58. The van der Waals surface area contributed by atoms with Gasteiger partial charge in [-0.15, -0.1) is 0 Å². The predicted molar refractivity (Wildman–Crippen MR) is 121 cm³/mol.